The first-order valence-electron chi connectivity index (χ1n) is 6.27. The molecule has 2 aromatic carbocycles. The van der Waals surface area contributed by atoms with Gasteiger partial charge >= 0.3 is 0 Å². The highest BCUT2D eigenvalue weighted by atomic mass is 35.5. The van der Waals surface area contributed by atoms with Gasteiger partial charge in [-0.05, 0) is 29.8 Å². The van der Waals surface area contributed by atoms with E-state index in [2.05, 4.69) is 5.32 Å². The van der Waals surface area contributed by atoms with E-state index in [1.165, 1.54) is 6.07 Å². The molecule has 1 atom stereocenters. The summed E-state index contributed by atoms with van der Waals surface area (Å²) in [5.41, 5.74) is 0.680. The molecule has 0 radical (unpaired) electrons. The first kappa shape index (κ1) is 16.0. The normalized spacial score (nSPS) is 11.3. The van der Waals surface area contributed by atoms with Crippen LogP contribution in [0.4, 0.5) is 5.69 Å². The lowest BCUT2D eigenvalue weighted by Crippen LogP contribution is -2.27. The Balaban J connectivity index is 2.21. The number of nitriles is 1. The number of ketones is 1. The predicted molar refractivity (Wildman–Crippen MR) is 84.9 cm³/mol. The predicted octanol–water partition coefficient (Wildman–Crippen LogP) is 3.81. The summed E-state index contributed by atoms with van der Waals surface area (Å²) < 4.78 is 0. The number of carbonyl (C=O) groups is 2. The van der Waals surface area contributed by atoms with Crippen LogP contribution in [0.25, 0.3) is 0 Å². The molecule has 2 rings (SSSR count). The second-order valence-corrected chi connectivity index (χ2v) is 5.26. The van der Waals surface area contributed by atoms with Crippen LogP contribution < -0.4 is 5.32 Å². The van der Waals surface area contributed by atoms with Crippen molar-refractivity contribution >= 4 is 40.6 Å². The fourth-order valence-electron chi connectivity index (χ4n) is 1.87. The number of carbonyl (C=O) groups excluding carboxylic acids is 2. The van der Waals surface area contributed by atoms with Crippen molar-refractivity contribution in [1.29, 1.82) is 5.26 Å². The SMILES string of the molecule is N#C[C@@H](C(=O)C(=O)Nc1cccc(Cl)c1)c1ccccc1Cl. The maximum Gasteiger partial charge on any atom is 0.293 e. The molecule has 0 unspecified atom stereocenters. The average molecular weight is 333 g/mol. The molecule has 6 heteroatoms. The topological polar surface area (TPSA) is 70.0 Å². The van der Waals surface area contributed by atoms with Crippen molar-refractivity contribution in [3.63, 3.8) is 0 Å². The van der Waals surface area contributed by atoms with E-state index in [-0.39, 0.29) is 5.02 Å². The van der Waals surface area contributed by atoms with Crippen molar-refractivity contribution in [3.05, 3.63) is 64.1 Å². The molecule has 0 aliphatic carbocycles. The van der Waals surface area contributed by atoms with E-state index in [9.17, 15) is 14.9 Å². The summed E-state index contributed by atoms with van der Waals surface area (Å²) in [5, 5.41) is 12.3. The van der Waals surface area contributed by atoms with Gasteiger partial charge in [-0.1, -0.05) is 47.5 Å². The molecule has 0 spiro atoms. The van der Waals surface area contributed by atoms with Gasteiger partial charge < -0.3 is 5.32 Å². The van der Waals surface area contributed by atoms with E-state index in [4.69, 9.17) is 23.2 Å². The molecule has 0 heterocycles. The molecular weight excluding hydrogens is 323 g/mol. The second-order valence-electron chi connectivity index (χ2n) is 4.41. The summed E-state index contributed by atoms with van der Waals surface area (Å²) in [6.45, 7) is 0. The largest absolute Gasteiger partial charge is 0.319 e. The Morgan fingerprint density at radius 3 is 2.45 bits per heavy atom. The van der Waals surface area contributed by atoms with Crippen LogP contribution in [0.1, 0.15) is 11.5 Å². The number of hydrogen-bond acceptors (Lipinski definition) is 3. The number of nitrogens with zero attached hydrogens (tertiary/aromatic N) is 1. The first-order valence-corrected chi connectivity index (χ1v) is 7.03. The molecule has 110 valence electrons. The molecule has 0 saturated carbocycles. The molecule has 0 aromatic heterocycles. The van der Waals surface area contributed by atoms with E-state index >= 15 is 0 Å². The van der Waals surface area contributed by atoms with Gasteiger partial charge in [-0.3, -0.25) is 9.59 Å². The summed E-state index contributed by atoms with van der Waals surface area (Å²) in [7, 11) is 0. The highest BCUT2D eigenvalue weighted by Gasteiger charge is 2.28. The van der Waals surface area contributed by atoms with E-state index in [0.29, 0.717) is 16.3 Å². The summed E-state index contributed by atoms with van der Waals surface area (Å²) >= 11 is 11.8. The van der Waals surface area contributed by atoms with Crippen LogP contribution in [-0.2, 0) is 9.59 Å². The number of nitrogens with one attached hydrogen (secondary N) is 1. The van der Waals surface area contributed by atoms with Gasteiger partial charge in [0.1, 0.15) is 5.92 Å². The first-order chi connectivity index (χ1) is 10.5. The zero-order valence-corrected chi connectivity index (χ0v) is 12.7. The van der Waals surface area contributed by atoms with Crippen molar-refractivity contribution in [3.8, 4) is 6.07 Å². The molecule has 4 nitrogen and oxygen atoms in total. The lowest BCUT2D eigenvalue weighted by molar-refractivity contribution is -0.135. The number of halogens is 2. The number of rotatable bonds is 4. The van der Waals surface area contributed by atoms with E-state index in [1.807, 2.05) is 6.07 Å². The lowest BCUT2D eigenvalue weighted by Gasteiger charge is -2.10. The number of anilines is 1. The molecule has 0 bridgehead atoms. The summed E-state index contributed by atoms with van der Waals surface area (Å²) in [5.74, 6) is -3.03. The Labute approximate surface area is 137 Å². The highest BCUT2D eigenvalue weighted by molar-refractivity contribution is 6.43. The standard InChI is InChI=1S/C16H10Cl2N2O2/c17-10-4-3-5-11(8-10)20-16(22)15(21)13(9-19)12-6-1-2-7-14(12)18/h1-8,13H,(H,20,22)/t13-/m1/s1. The van der Waals surface area contributed by atoms with E-state index in [1.54, 1.807) is 42.5 Å². The van der Waals surface area contributed by atoms with Crippen molar-refractivity contribution in [2.45, 2.75) is 5.92 Å². The van der Waals surface area contributed by atoms with Gasteiger partial charge in [0.25, 0.3) is 5.91 Å². The molecule has 1 amide bonds. The maximum atomic E-state index is 12.2. The summed E-state index contributed by atoms with van der Waals surface area (Å²) in [4.78, 5) is 24.2. The smallest absolute Gasteiger partial charge is 0.293 e. The quantitative estimate of drug-likeness (QED) is 0.865. The van der Waals surface area contributed by atoms with Crippen LogP contribution in [-0.4, -0.2) is 11.7 Å². The van der Waals surface area contributed by atoms with Crippen LogP contribution in [0.3, 0.4) is 0 Å². The van der Waals surface area contributed by atoms with Gasteiger partial charge in [-0.15, -0.1) is 0 Å². The molecule has 0 saturated heterocycles. The minimum absolute atomic E-state index is 0.262. The Bertz CT molecular complexity index is 769. The van der Waals surface area contributed by atoms with Crippen molar-refractivity contribution < 1.29 is 9.59 Å². The Morgan fingerprint density at radius 1 is 1.09 bits per heavy atom. The molecule has 0 aliphatic rings. The van der Waals surface area contributed by atoms with Gasteiger partial charge in [0.15, 0.2) is 0 Å². The van der Waals surface area contributed by atoms with Gasteiger partial charge in [0.2, 0.25) is 5.78 Å². The molecule has 1 N–H and O–H groups in total. The van der Waals surface area contributed by atoms with E-state index in [0.717, 1.165) is 0 Å². The number of benzene rings is 2. The monoisotopic (exact) mass is 332 g/mol. The lowest BCUT2D eigenvalue weighted by atomic mass is 9.95. The van der Waals surface area contributed by atoms with Crippen LogP contribution in [0.15, 0.2) is 48.5 Å². The minimum Gasteiger partial charge on any atom is -0.319 e. The fraction of sp³-hybridized carbons (Fsp3) is 0.0625. The van der Waals surface area contributed by atoms with Crippen LogP contribution in [0.5, 0.6) is 0 Å². The fourth-order valence-corrected chi connectivity index (χ4v) is 2.30. The number of amides is 1. The summed E-state index contributed by atoms with van der Waals surface area (Å²) in [6.07, 6.45) is 0. The van der Waals surface area contributed by atoms with E-state index < -0.39 is 17.6 Å². The molecule has 2 aromatic rings. The average Bonchev–Trinajstić information content (AvgIpc) is 2.49. The number of hydrogen-bond donors (Lipinski definition) is 1. The molecular formula is C16H10Cl2N2O2. The molecule has 0 fully saturated rings. The van der Waals surface area contributed by atoms with Gasteiger partial charge in [-0.25, -0.2) is 0 Å². The third-order valence-corrected chi connectivity index (χ3v) is 3.49. The van der Waals surface area contributed by atoms with Crippen molar-refractivity contribution in [2.24, 2.45) is 0 Å². The zero-order chi connectivity index (χ0) is 16.1. The molecule has 0 aliphatic heterocycles. The van der Waals surface area contributed by atoms with Crippen LogP contribution >= 0.6 is 23.2 Å². The Morgan fingerprint density at radius 2 is 1.82 bits per heavy atom. The Kier molecular flexibility index (Phi) is 5.16. The zero-order valence-electron chi connectivity index (χ0n) is 11.2. The third kappa shape index (κ3) is 3.64. The van der Waals surface area contributed by atoms with Crippen molar-refractivity contribution in [2.75, 3.05) is 5.32 Å². The molecule has 22 heavy (non-hydrogen) atoms. The second kappa shape index (κ2) is 7.08. The minimum atomic E-state index is -1.26. The Hall–Kier alpha value is -2.35. The van der Waals surface area contributed by atoms with Gasteiger partial charge in [0.05, 0.1) is 6.07 Å². The van der Waals surface area contributed by atoms with Crippen LogP contribution in [0.2, 0.25) is 10.0 Å². The van der Waals surface area contributed by atoms with Crippen molar-refractivity contribution in [1.82, 2.24) is 0 Å². The van der Waals surface area contributed by atoms with Gasteiger partial charge in [-0.2, -0.15) is 5.26 Å². The highest BCUT2D eigenvalue weighted by Crippen LogP contribution is 2.25. The summed E-state index contributed by atoms with van der Waals surface area (Å²) in [6, 6.07) is 14.6. The maximum absolute atomic E-state index is 12.2. The van der Waals surface area contributed by atoms with Crippen LogP contribution in [0, 0.1) is 11.3 Å². The van der Waals surface area contributed by atoms with Gasteiger partial charge in [0, 0.05) is 15.7 Å². The third-order valence-electron chi connectivity index (χ3n) is 2.91. The number of Topliss-reactive ketones (excluding diaryl/α,β-unsaturated/α-hetero) is 1.